The smallest absolute Gasteiger partial charge is 0.124 e. The van der Waals surface area contributed by atoms with Gasteiger partial charge in [-0.15, -0.1) is 0 Å². The summed E-state index contributed by atoms with van der Waals surface area (Å²) in [5, 5.41) is 8.95. The summed E-state index contributed by atoms with van der Waals surface area (Å²) in [6.07, 6.45) is 0. The predicted octanol–water partition coefficient (Wildman–Crippen LogP) is 3.45. The first-order valence-electron chi connectivity index (χ1n) is 5.99. The van der Waals surface area contributed by atoms with E-state index in [4.69, 9.17) is 14.7 Å². The first kappa shape index (κ1) is 13.0. The fraction of sp³-hybridized carbons (Fsp3) is 0.188. The Labute approximate surface area is 113 Å². The molecule has 0 saturated carbocycles. The molecule has 0 atom stereocenters. The molecule has 2 aromatic rings. The minimum Gasteiger partial charge on any atom is -0.497 e. The second-order valence-corrected chi connectivity index (χ2v) is 4.22. The van der Waals surface area contributed by atoms with Gasteiger partial charge in [0.15, 0.2) is 0 Å². The number of nitrogens with zero attached hydrogens (tertiary/aromatic N) is 1. The fourth-order valence-electron chi connectivity index (χ4n) is 1.77. The Morgan fingerprint density at radius 2 is 1.84 bits per heavy atom. The molecule has 0 fully saturated rings. The van der Waals surface area contributed by atoms with Crippen molar-refractivity contribution in [2.75, 3.05) is 7.11 Å². The maximum Gasteiger partial charge on any atom is 0.124 e. The fourth-order valence-corrected chi connectivity index (χ4v) is 1.77. The Morgan fingerprint density at radius 1 is 1.11 bits per heavy atom. The summed E-state index contributed by atoms with van der Waals surface area (Å²) in [5.41, 5.74) is 2.84. The monoisotopic (exact) mass is 253 g/mol. The number of hydrogen-bond donors (Lipinski definition) is 0. The molecule has 0 radical (unpaired) electrons. The van der Waals surface area contributed by atoms with E-state index < -0.39 is 0 Å². The van der Waals surface area contributed by atoms with E-state index in [1.807, 2.05) is 31.2 Å². The highest BCUT2D eigenvalue weighted by Crippen LogP contribution is 2.23. The summed E-state index contributed by atoms with van der Waals surface area (Å²) < 4.78 is 10.9. The molecule has 96 valence electrons. The van der Waals surface area contributed by atoms with Gasteiger partial charge in [-0.1, -0.05) is 24.3 Å². The van der Waals surface area contributed by atoms with Crippen LogP contribution in [0, 0.1) is 18.3 Å². The zero-order valence-corrected chi connectivity index (χ0v) is 11.0. The molecule has 0 aliphatic heterocycles. The largest absolute Gasteiger partial charge is 0.497 e. The van der Waals surface area contributed by atoms with Crippen molar-refractivity contribution in [2.24, 2.45) is 0 Å². The van der Waals surface area contributed by atoms with Crippen molar-refractivity contribution in [3.63, 3.8) is 0 Å². The number of hydrogen-bond acceptors (Lipinski definition) is 3. The van der Waals surface area contributed by atoms with Crippen molar-refractivity contribution in [1.29, 1.82) is 5.26 Å². The Bertz CT molecular complexity index is 614. The molecule has 0 aliphatic rings. The van der Waals surface area contributed by atoms with Gasteiger partial charge in [0, 0.05) is 6.07 Å². The van der Waals surface area contributed by atoms with Crippen LogP contribution in [0.15, 0.2) is 42.5 Å². The minimum atomic E-state index is 0.477. The lowest BCUT2D eigenvalue weighted by Gasteiger charge is -2.10. The highest BCUT2D eigenvalue weighted by Gasteiger charge is 2.03. The molecule has 0 saturated heterocycles. The molecule has 0 heterocycles. The second kappa shape index (κ2) is 5.92. The average molecular weight is 253 g/mol. The molecule has 0 N–H and O–H groups in total. The van der Waals surface area contributed by atoms with Crippen LogP contribution in [0.5, 0.6) is 11.5 Å². The molecular weight excluding hydrogens is 238 g/mol. The Morgan fingerprint density at radius 3 is 2.53 bits per heavy atom. The van der Waals surface area contributed by atoms with Gasteiger partial charge in [-0.25, -0.2) is 0 Å². The van der Waals surface area contributed by atoms with E-state index in [0.29, 0.717) is 23.7 Å². The van der Waals surface area contributed by atoms with Gasteiger partial charge in [0.1, 0.15) is 18.1 Å². The average Bonchev–Trinajstić information content (AvgIpc) is 2.46. The molecular formula is C16H15NO2. The van der Waals surface area contributed by atoms with Crippen molar-refractivity contribution >= 4 is 0 Å². The van der Waals surface area contributed by atoms with Crippen LogP contribution in [0.25, 0.3) is 0 Å². The van der Waals surface area contributed by atoms with E-state index in [-0.39, 0.29) is 0 Å². The van der Waals surface area contributed by atoms with Crippen molar-refractivity contribution in [3.8, 4) is 17.6 Å². The van der Waals surface area contributed by atoms with E-state index in [1.54, 1.807) is 25.3 Å². The molecule has 2 rings (SSSR count). The zero-order chi connectivity index (χ0) is 13.7. The van der Waals surface area contributed by atoms with Gasteiger partial charge in [0.05, 0.1) is 18.7 Å². The van der Waals surface area contributed by atoms with Crippen LogP contribution >= 0.6 is 0 Å². The highest BCUT2D eigenvalue weighted by molar-refractivity contribution is 5.44. The van der Waals surface area contributed by atoms with Crippen LogP contribution in [-0.4, -0.2) is 7.11 Å². The van der Waals surface area contributed by atoms with Gasteiger partial charge in [0.2, 0.25) is 0 Å². The van der Waals surface area contributed by atoms with Crippen molar-refractivity contribution in [2.45, 2.75) is 13.5 Å². The van der Waals surface area contributed by atoms with Gasteiger partial charge in [-0.2, -0.15) is 5.26 Å². The molecule has 0 bridgehead atoms. The second-order valence-electron chi connectivity index (χ2n) is 4.22. The Kier molecular flexibility index (Phi) is 4.04. The third-order valence-electron chi connectivity index (χ3n) is 2.90. The topological polar surface area (TPSA) is 42.2 Å². The zero-order valence-electron chi connectivity index (χ0n) is 11.0. The maximum atomic E-state index is 8.95. The van der Waals surface area contributed by atoms with Crippen LogP contribution < -0.4 is 9.47 Å². The highest BCUT2D eigenvalue weighted by atomic mass is 16.5. The summed E-state index contributed by atoms with van der Waals surface area (Å²) in [6.45, 7) is 2.52. The number of aryl methyl sites for hydroxylation is 1. The minimum absolute atomic E-state index is 0.477. The summed E-state index contributed by atoms with van der Waals surface area (Å²) in [4.78, 5) is 0. The van der Waals surface area contributed by atoms with Crippen LogP contribution in [0.3, 0.4) is 0 Å². The predicted molar refractivity (Wildman–Crippen MR) is 73.2 cm³/mol. The Hall–Kier alpha value is -2.47. The van der Waals surface area contributed by atoms with E-state index >= 15 is 0 Å². The lowest BCUT2D eigenvalue weighted by atomic mass is 10.1. The lowest BCUT2D eigenvalue weighted by Crippen LogP contribution is -1.98. The standard InChI is InChI=1S/C16H15NO2/c1-12-5-3-4-6-14(12)11-19-16-8-13(10-17)7-15(9-16)18-2/h3-9H,11H2,1-2H3. The molecule has 0 amide bonds. The van der Waals surface area contributed by atoms with Gasteiger partial charge in [-0.05, 0) is 30.2 Å². The number of nitriles is 1. The van der Waals surface area contributed by atoms with Gasteiger partial charge < -0.3 is 9.47 Å². The van der Waals surface area contributed by atoms with Crippen LogP contribution in [-0.2, 0) is 6.61 Å². The van der Waals surface area contributed by atoms with E-state index in [9.17, 15) is 0 Å². The van der Waals surface area contributed by atoms with Crippen LogP contribution in [0.2, 0.25) is 0 Å². The molecule has 2 aromatic carbocycles. The van der Waals surface area contributed by atoms with Gasteiger partial charge in [0.25, 0.3) is 0 Å². The van der Waals surface area contributed by atoms with E-state index in [1.165, 1.54) is 5.56 Å². The molecule has 0 aliphatic carbocycles. The molecule has 3 nitrogen and oxygen atoms in total. The number of methoxy groups -OCH3 is 1. The molecule has 3 heteroatoms. The lowest BCUT2D eigenvalue weighted by molar-refractivity contribution is 0.303. The number of ether oxygens (including phenoxy) is 2. The van der Waals surface area contributed by atoms with Gasteiger partial charge in [-0.3, -0.25) is 0 Å². The molecule has 0 unspecified atom stereocenters. The molecule has 0 aromatic heterocycles. The normalized spacial score (nSPS) is 9.74. The summed E-state index contributed by atoms with van der Waals surface area (Å²) in [7, 11) is 1.57. The van der Waals surface area contributed by atoms with Crippen molar-refractivity contribution < 1.29 is 9.47 Å². The summed E-state index contributed by atoms with van der Waals surface area (Å²) >= 11 is 0. The Balaban J connectivity index is 2.16. The third-order valence-corrected chi connectivity index (χ3v) is 2.90. The van der Waals surface area contributed by atoms with E-state index in [0.717, 1.165) is 5.56 Å². The van der Waals surface area contributed by atoms with Crippen molar-refractivity contribution in [3.05, 3.63) is 59.2 Å². The van der Waals surface area contributed by atoms with Crippen LogP contribution in [0.1, 0.15) is 16.7 Å². The summed E-state index contributed by atoms with van der Waals surface area (Å²) in [6, 6.07) is 15.3. The number of benzene rings is 2. The van der Waals surface area contributed by atoms with E-state index in [2.05, 4.69) is 6.07 Å². The SMILES string of the molecule is COc1cc(C#N)cc(OCc2ccccc2C)c1. The van der Waals surface area contributed by atoms with Crippen LogP contribution in [0.4, 0.5) is 0 Å². The van der Waals surface area contributed by atoms with Gasteiger partial charge >= 0.3 is 0 Å². The molecule has 0 spiro atoms. The maximum absolute atomic E-state index is 8.95. The quantitative estimate of drug-likeness (QED) is 0.838. The first-order valence-corrected chi connectivity index (χ1v) is 5.99. The summed E-state index contributed by atoms with van der Waals surface area (Å²) in [5.74, 6) is 1.26. The third kappa shape index (κ3) is 3.26. The number of rotatable bonds is 4. The van der Waals surface area contributed by atoms with Crippen molar-refractivity contribution in [1.82, 2.24) is 0 Å². The molecule has 19 heavy (non-hydrogen) atoms. The first-order chi connectivity index (χ1) is 9.22.